The highest BCUT2D eigenvalue weighted by atomic mass is 79.9. The van der Waals surface area contributed by atoms with Crippen molar-refractivity contribution in [3.8, 4) is 0 Å². The summed E-state index contributed by atoms with van der Waals surface area (Å²) in [6.45, 7) is 4.70. The normalized spacial score (nSPS) is 19.1. The van der Waals surface area contributed by atoms with E-state index in [1.54, 1.807) is 11.3 Å². The fraction of sp³-hybridized carbons (Fsp3) is 0.667. The van der Waals surface area contributed by atoms with Gasteiger partial charge in [-0.25, -0.2) is 0 Å². The number of piperidine rings is 1. The van der Waals surface area contributed by atoms with Gasteiger partial charge in [0.2, 0.25) is 0 Å². The number of nitrogens with zero attached hydrogens (tertiary/aromatic N) is 1. The van der Waals surface area contributed by atoms with E-state index < -0.39 is 0 Å². The van der Waals surface area contributed by atoms with Crippen LogP contribution in [0.25, 0.3) is 0 Å². The van der Waals surface area contributed by atoms with Crippen molar-refractivity contribution in [3.63, 3.8) is 0 Å². The van der Waals surface area contributed by atoms with Gasteiger partial charge in [-0.3, -0.25) is 0 Å². The summed E-state index contributed by atoms with van der Waals surface area (Å²) in [5.74, 6) is 0.873. The Morgan fingerprint density at radius 3 is 2.88 bits per heavy atom. The fourth-order valence-electron chi connectivity index (χ4n) is 2.13. The van der Waals surface area contributed by atoms with Gasteiger partial charge in [0.05, 0.1) is 3.79 Å². The number of hydrogen-bond donors (Lipinski definition) is 1. The van der Waals surface area contributed by atoms with Crippen LogP contribution >= 0.6 is 27.3 Å². The Labute approximate surface area is 110 Å². The molecule has 0 unspecified atom stereocenters. The molecule has 2 heterocycles. The predicted molar refractivity (Wildman–Crippen MR) is 73.9 cm³/mol. The molecule has 2 rings (SSSR count). The topological polar surface area (TPSA) is 15.3 Å². The van der Waals surface area contributed by atoms with Crippen molar-refractivity contribution in [1.82, 2.24) is 10.2 Å². The molecule has 0 spiro atoms. The summed E-state index contributed by atoms with van der Waals surface area (Å²) in [6, 6.07) is 2.20. The first-order chi connectivity index (χ1) is 7.74. The van der Waals surface area contributed by atoms with E-state index in [0.717, 1.165) is 12.5 Å². The lowest BCUT2D eigenvalue weighted by Crippen LogP contribution is -2.34. The number of rotatable bonds is 4. The third-order valence-corrected chi connectivity index (χ3v) is 4.78. The number of halogens is 1. The van der Waals surface area contributed by atoms with Crippen molar-refractivity contribution in [2.45, 2.75) is 19.4 Å². The summed E-state index contributed by atoms with van der Waals surface area (Å²) < 4.78 is 1.23. The number of hydrogen-bond acceptors (Lipinski definition) is 3. The third kappa shape index (κ3) is 3.84. The van der Waals surface area contributed by atoms with Crippen molar-refractivity contribution in [1.29, 1.82) is 0 Å². The average Bonchev–Trinajstić information content (AvgIpc) is 2.67. The minimum absolute atomic E-state index is 0.873. The van der Waals surface area contributed by atoms with Crippen LogP contribution in [0.15, 0.2) is 15.2 Å². The van der Waals surface area contributed by atoms with Gasteiger partial charge in [-0.2, -0.15) is 0 Å². The molecule has 0 bridgehead atoms. The molecule has 0 atom stereocenters. The summed E-state index contributed by atoms with van der Waals surface area (Å²) in [7, 11) is 2.21. The van der Waals surface area contributed by atoms with Gasteiger partial charge >= 0.3 is 0 Å². The molecule has 90 valence electrons. The van der Waals surface area contributed by atoms with Crippen molar-refractivity contribution in [2.75, 3.05) is 26.7 Å². The van der Waals surface area contributed by atoms with E-state index in [0.29, 0.717) is 0 Å². The molecule has 0 radical (unpaired) electrons. The Morgan fingerprint density at radius 2 is 2.25 bits per heavy atom. The van der Waals surface area contributed by atoms with Gasteiger partial charge in [-0.05, 0) is 78.4 Å². The van der Waals surface area contributed by atoms with Crippen LogP contribution in [-0.4, -0.2) is 31.6 Å². The Morgan fingerprint density at radius 1 is 1.50 bits per heavy atom. The molecule has 0 amide bonds. The zero-order chi connectivity index (χ0) is 11.4. The van der Waals surface area contributed by atoms with Crippen LogP contribution in [-0.2, 0) is 6.54 Å². The van der Waals surface area contributed by atoms with E-state index in [4.69, 9.17) is 0 Å². The van der Waals surface area contributed by atoms with Crippen LogP contribution in [0.5, 0.6) is 0 Å². The maximum absolute atomic E-state index is 3.57. The summed E-state index contributed by atoms with van der Waals surface area (Å²) in [4.78, 5) is 2.42. The van der Waals surface area contributed by atoms with Crippen molar-refractivity contribution < 1.29 is 0 Å². The Balaban J connectivity index is 1.64. The second-order valence-corrected chi connectivity index (χ2v) is 6.93. The number of thiophene rings is 1. The molecule has 4 heteroatoms. The lowest BCUT2D eigenvalue weighted by Gasteiger charge is -2.29. The van der Waals surface area contributed by atoms with Crippen molar-refractivity contribution in [3.05, 3.63) is 20.8 Å². The van der Waals surface area contributed by atoms with E-state index >= 15 is 0 Å². The van der Waals surface area contributed by atoms with Crippen LogP contribution in [0.4, 0.5) is 0 Å². The highest BCUT2D eigenvalue weighted by Crippen LogP contribution is 2.20. The molecule has 1 N–H and O–H groups in total. The van der Waals surface area contributed by atoms with Crippen LogP contribution in [0, 0.1) is 5.92 Å². The van der Waals surface area contributed by atoms with Crippen molar-refractivity contribution >= 4 is 27.3 Å². The number of nitrogens with one attached hydrogen (secondary N) is 1. The predicted octanol–water partition coefficient (Wildman–Crippen LogP) is 2.94. The molecule has 2 nitrogen and oxygen atoms in total. The first-order valence-corrected chi connectivity index (χ1v) is 7.53. The van der Waals surface area contributed by atoms with Crippen LogP contribution < -0.4 is 5.32 Å². The molecular weight excluding hydrogens is 284 g/mol. The van der Waals surface area contributed by atoms with Gasteiger partial charge < -0.3 is 10.2 Å². The molecule has 1 saturated heterocycles. The molecule has 0 aromatic carbocycles. The second-order valence-electron chi connectivity index (χ2n) is 4.64. The first kappa shape index (κ1) is 12.6. The molecule has 1 fully saturated rings. The highest BCUT2D eigenvalue weighted by molar-refractivity contribution is 9.11. The maximum atomic E-state index is 3.57. The summed E-state index contributed by atoms with van der Waals surface area (Å²) in [6.07, 6.45) is 2.69. The van der Waals surface area contributed by atoms with Gasteiger partial charge in [0, 0.05) is 6.54 Å². The van der Waals surface area contributed by atoms with E-state index in [1.165, 1.54) is 41.8 Å². The minimum Gasteiger partial charge on any atom is -0.312 e. The van der Waals surface area contributed by atoms with E-state index in [2.05, 4.69) is 44.6 Å². The van der Waals surface area contributed by atoms with Gasteiger partial charge in [0.1, 0.15) is 0 Å². The van der Waals surface area contributed by atoms with Gasteiger partial charge in [-0.15, -0.1) is 11.3 Å². The Bertz CT molecular complexity index is 319. The molecule has 1 aromatic rings. The Hall–Kier alpha value is 0.100. The second kappa shape index (κ2) is 6.15. The first-order valence-electron chi connectivity index (χ1n) is 5.86. The highest BCUT2D eigenvalue weighted by Gasteiger charge is 2.15. The third-order valence-electron chi connectivity index (χ3n) is 3.22. The molecule has 0 aliphatic carbocycles. The lowest BCUT2D eigenvalue weighted by molar-refractivity contribution is 0.216. The molecule has 1 aromatic heterocycles. The summed E-state index contributed by atoms with van der Waals surface area (Å²) in [5.41, 5.74) is 1.39. The zero-order valence-corrected chi connectivity index (χ0v) is 12.1. The van der Waals surface area contributed by atoms with Gasteiger partial charge in [-0.1, -0.05) is 0 Å². The Kier molecular flexibility index (Phi) is 4.82. The van der Waals surface area contributed by atoms with Crippen LogP contribution in [0.2, 0.25) is 0 Å². The van der Waals surface area contributed by atoms with Crippen LogP contribution in [0.1, 0.15) is 18.4 Å². The van der Waals surface area contributed by atoms with Gasteiger partial charge in [0.15, 0.2) is 0 Å². The maximum Gasteiger partial charge on any atom is 0.0701 e. The standard InChI is InChI=1S/C12H19BrN2S/c1-15-4-2-10(3-5-15)7-14-8-11-6-12(13)16-9-11/h6,9-10,14H,2-5,7-8H2,1H3. The molecular formula is C12H19BrN2S. The number of likely N-dealkylation sites (tertiary alicyclic amines) is 1. The monoisotopic (exact) mass is 302 g/mol. The molecule has 16 heavy (non-hydrogen) atoms. The molecule has 0 saturated carbocycles. The minimum atomic E-state index is 0.873. The smallest absolute Gasteiger partial charge is 0.0701 e. The molecule has 1 aliphatic heterocycles. The van der Waals surface area contributed by atoms with Gasteiger partial charge in [0.25, 0.3) is 0 Å². The largest absolute Gasteiger partial charge is 0.312 e. The zero-order valence-electron chi connectivity index (χ0n) is 9.71. The van der Waals surface area contributed by atoms with E-state index in [-0.39, 0.29) is 0 Å². The lowest BCUT2D eigenvalue weighted by atomic mass is 9.97. The van der Waals surface area contributed by atoms with E-state index in [1.807, 2.05) is 0 Å². The average molecular weight is 303 g/mol. The van der Waals surface area contributed by atoms with E-state index in [9.17, 15) is 0 Å². The quantitative estimate of drug-likeness (QED) is 0.920. The van der Waals surface area contributed by atoms with Crippen LogP contribution in [0.3, 0.4) is 0 Å². The summed E-state index contributed by atoms with van der Waals surface area (Å²) >= 11 is 5.25. The van der Waals surface area contributed by atoms with Crippen molar-refractivity contribution in [2.24, 2.45) is 5.92 Å². The fourth-order valence-corrected chi connectivity index (χ4v) is 3.33. The SMILES string of the molecule is CN1CCC(CNCc2csc(Br)c2)CC1. The summed E-state index contributed by atoms with van der Waals surface area (Å²) in [5, 5.41) is 5.78. The molecule has 1 aliphatic rings.